The molecule has 1 fully saturated rings. The Morgan fingerprint density at radius 3 is 2.63 bits per heavy atom. The number of hydrogen-bond acceptors (Lipinski definition) is 3. The highest BCUT2D eigenvalue weighted by Gasteiger charge is 2.32. The number of halogens is 1. The van der Waals surface area contributed by atoms with E-state index in [-0.39, 0.29) is 17.5 Å². The van der Waals surface area contributed by atoms with Crippen molar-refractivity contribution in [2.75, 3.05) is 0 Å². The zero-order chi connectivity index (χ0) is 14.2. The van der Waals surface area contributed by atoms with Crippen molar-refractivity contribution in [1.29, 1.82) is 0 Å². The van der Waals surface area contributed by atoms with Crippen LogP contribution in [0, 0.1) is 12.8 Å². The largest absolute Gasteiger partial charge is 0.392 e. The van der Waals surface area contributed by atoms with Crippen molar-refractivity contribution in [3.63, 3.8) is 0 Å². The van der Waals surface area contributed by atoms with E-state index in [1.165, 1.54) is 6.07 Å². The Hall–Kier alpha value is -0.620. The second-order valence-electron chi connectivity index (χ2n) is 5.09. The number of aliphatic hydroxyl groups excluding tert-OH is 1. The molecule has 0 heterocycles. The van der Waals surface area contributed by atoms with Crippen LogP contribution in [0.2, 0.25) is 5.02 Å². The van der Waals surface area contributed by atoms with E-state index in [1.54, 1.807) is 13.0 Å². The van der Waals surface area contributed by atoms with Crippen LogP contribution in [0.25, 0.3) is 0 Å². The number of hydrogen-bond donors (Lipinski definition) is 2. The maximum atomic E-state index is 12.4. The summed E-state index contributed by atoms with van der Waals surface area (Å²) in [5, 5.41) is 9.55. The third-order valence-electron chi connectivity index (χ3n) is 3.56. The van der Waals surface area contributed by atoms with Gasteiger partial charge in [0.2, 0.25) is 10.0 Å². The number of benzene rings is 1. The molecule has 1 aromatic rings. The number of nitrogens with one attached hydrogen (secondary N) is 1. The molecular weight excluding hydrogens is 286 g/mol. The van der Waals surface area contributed by atoms with E-state index in [1.807, 2.05) is 6.92 Å². The molecule has 19 heavy (non-hydrogen) atoms. The predicted molar refractivity (Wildman–Crippen MR) is 74.6 cm³/mol. The lowest BCUT2D eigenvalue weighted by atomic mass is 10.1. The van der Waals surface area contributed by atoms with Gasteiger partial charge in [-0.2, -0.15) is 0 Å². The van der Waals surface area contributed by atoms with E-state index in [9.17, 15) is 13.5 Å². The van der Waals surface area contributed by atoms with Gasteiger partial charge < -0.3 is 5.11 Å². The molecule has 1 aromatic carbocycles. The van der Waals surface area contributed by atoms with E-state index in [0.29, 0.717) is 22.1 Å². The topological polar surface area (TPSA) is 66.4 Å². The van der Waals surface area contributed by atoms with Gasteiger partial charge in [-0.25, -0.2) is 13.1 Å². The predicted octanol–water partition coefficient (Wildman–Crippen LogP) is 2.22. The van der Waals surface area contributed by atoms with E-state index in [2.05, 4.69) is 4.72 Å². The van der Waals surface area contributed by atoms with Crippen LogP contribution in [0.15, 0.2) is 17.0 Å². The molecule has 0 saturated heterocycles. The number of aliphatic hydroxyl groups is 1. The first-order valence-corrected chi connectivity index (χ1v) is 8.13. The molecule has 2 rings (SSSR count). The van der Waals surface area contributed by atoms with Crippen LogP contribution in [0.5, 0.6) is 0 Å². The summed E-state index contributed by atoms with van der Waals surface area (Å²) in [4.78, 5) is 0.150. The van der Waals surface area contributed by atoms with E-state index in [0.717, 1.165) is 12.8 Å². The second kappa shape index (κ2) is 5.40. The molecule has 4 nitrogen and oxygen atoms in total. The normalized spacial score (nSPS) is 17.5. The van der Waals surface area contributed by atoms with Gasteiger partial charge in [-0.1, -0.05) is 11.6 Å². The lowest BCUT2D eigenvalue weighted by molar-refractivity contribution is 0.280. The van der Waals surface area contributed by atoms with Gasteiger partial charge in [-0.15, -0.1) is 0 Å². The molecule has 1 atom stereocenters. The van der Waals surface area contributed by atoms with Crippen molar-refractivity contribution in [3.05, 3.63) is 28.3 Å². The first-order valence-electron chi connectivity index (χ1n) is 6.27. The summed E-state index contributed by atoms with van der Waals surface area (Å²) in [6, 6.07) is 2.94. The molecule has 0 aliphatic heterocycles. The van der Waals surface area contributed by atoms with Crippen molar-refractivity contribution in [2.24, 2.45) is 5.92 Å². The van der Waals surface area contributed by atoms with E-state index < -0.39 is 10.0 Å². The maximum Gasteiger partial charge on any atom is 0.241 e. The van der Waals surface area contributed by atoms with Crippen LogP contribution in [0.3, 0.4) is 0 Å². The summed E-state index contributed by atoms with van der Waals surface area (Å²) in [6.07, 6.45) is 2.14. The minimum atomic E-state index is -3.60. The summed E-state index contributed by atoms with van der Waals surface area (Å²) in [6.45, 7) is 3.33. The molecule has 1 aliphatic rings. The van der Waals surface area contributed by atoms with Crippen LogP contribution < -0.4 is 4.72 Å². The monoisotopic (exact) mass is 303 g/mol. The standard InChI is InChI=1S/C13H18ClNO3S/c1-8-11(7-16)5-12(14)6-13(8)19(17,18)15-9(2)10-3-4-10/h5-6,9-10,15-16H,3-4,7H2,1-2H3. The maximum absolute atomic E-state index is 12.4. The van der Waals surface area contributed by atoms with Gasteiger partial charge in [0.25, 0.3) is 0 Å². The van der Waals surface area contributed by atoms with Gasteiger partial charge in [0.15, 0.2) is 0 Å². The minimum absolute atomic E-state index is 0.0686. The quantitative estimate of drug-likeness (QED) is 0.876. The van der Waals surface area contributed by atoms with Crippen LogP contribution in [0.4, 0.5) is 0 Å². The average Bonchev–Trinajstić information content (AvgIpc) is 3.14. The number of rotatable bonds is 5. The summed E-state index contributed by atoms with van der Waals surface area (Å²) in [5.74, 6) is 0.437. The Morgan fingerprint density at radius 1 is 1.47 bits per heavy atom. The smallest absolute Gasteiger partial charge is 0.241 e. The van der Waals surface area contributed by atoms with E-state index >= 15 is 0 Å². The fourth-order valence-electron chi connectivity index (χ4n) is 2.15. The highest BCUT2D eigenvalue weighted by molar-refractivity contribution is 7.89. The fourth-order valence-corrected chi connectivity index (χ4v) is 4.08. The van der Waals surface area contributed by atoms with Crippen LogP contribution >= 0.6 is 11.6 Å². The van der Waals surface area contributed by atoms with Crippen LogP contribution in [-0.2, 0) is 16.6 Å². The summed E-state index contributed by atoms with van der Waals surface area (Å²) in [7, 11) is -3.60. The highest BCUT2D eigenvalue weighted by Crippen LogP contribution is 2.33. The van der Waals surface area contributed by atoms with Gasteiger partial charge in [-0.3, -0.25) is 0 Å². The van der Waals surface area contributed by atoms with Crippen LogP contribution in [-0.4, -0.2) is 19.6 Å². The van der Waals surface area contributed by atoms with Crippen molar-refractivity contribution in [1.82, 2.24) is 4.72 Å². The molecule has 1 unspecified atom stereocenters. The zero-order valence-corrected chi connectivity index (χ0v) is 12.6. The molecule has 1 aliphatic carbocycles. The molecule has 0 bridgehead atoms. The Bertz CT molecular complexity index is 582. The van der Waals surface area contributed by atoms with Gasteiger partial charge >= 0.3 is 0 Å². The lowest BCUT2D eigenvalue weighted by Crippen LogP contribution is -2.34. The molecule has 6 heteroatoms. The Labute approximate surface area is 118 Å². The second-order valence-corrected chi connectivity index (χ2v) is 7.21. The number of sulfonamides is 1. The fraction of sp³-hybridized carbons (Fsp3) is 0.538. The molecule has 106 valence electrons. The Kier molecular flexibility index (Phi) is 4.20. The molecule has 0 aromatic heterocycles. The summed E-state index contributed by atoms with van der Waals surface area (Å²) in [5.41, 5.74) is 1.08. The summed E-state index contributed by atoms with van der Waals surface area (Å²) < 4.78 is 27.4. The zero-order valence-electron chi connectivity index (χ0n) is 11.0. The van der Waals surface area contributed by atoms with Crippen molar-refractivity contribution in [3.8, 4) is 0 Å². The first-order chi connectivity index (χ1) is 8.85. The first kappa shape index (κ1) is 14.8. The van der Waals surface area contributed by atoms with Crippen molar-refractivity contribution < 1.29 is 13.5 Å². The Morgan fingerprint density at radius 2 is 2.11 bits per heavy atom. The molecule has 0 amide bonds. The molecular formula is C13H18ClNO3S. The average molecular weight is 304 g/mol. The Balaban J connectivity index is 2.36. The molecule has 2 N–H and O–H groups in total. The minimum Gasteiger partial charge on any atom is -0.392 e. The van der Waals surface area contributed by atoms with Gasteiger partial charge in [-0.05, 0) is 55.9 Å². The molecule has 0 spiro atoms. The van der Waals surface area contributed by atoms with Gasteiger partial charge in [0.1, 0.15) is 0 Å². The third kappa shape index (κ3) is 3.28. The molecule has 1 saturated carbocycles. The van der Waals surface area contributed by atoms with Crippen molar-refractivity contribution >= 4 is 21.6 Å². The summed E-state index contributed by atoms with van der Waals surface area (Å²) >= 11 is 5.91. The SMILES string of the molecule is Cc1c(CO)cc(Cl)cc1S(=O)(=O)NC(C)C1CC1. The molecule has 0 radical (unpaired) electrons. The van der Waals surface area contributed by atoms with Crippen LogP contribution in [0.1, 0.15) is 30.9 Å². The van der Waals surface area contributed by atoms with E-state index in [4.69, 9.17) is 11.6 Å². The van der Waals surface area contributed by atoms with Gasteiger partial charge in [0, 0.05) is 11.1 Å². The highest BCUT2D eigenvalue weighted by atomic mass is 35.5. The van der Waals surface area contributed by atoms with Crippen molar-refractivity contribution in [2.45, 2.75) is 44.2 Å². The third-order valence-corrected chi connectivity index (χ3v) is 5.47. The van der Waals surface area contributed by atoms with Gasteiger partial charge in [0.05, 0.1) is 11.5 Å². The lowest BCUT2D eigenvalue weighted by Gasteiger charge is -2.16.